The average Bonchev–Trinajstić information content (AvgIpc) is 2.23. The first-order chi connectivity index (χ1) is 7.61. The fraction of sp³-hybridized carbons (Fsp3) is 0.300. The number of amides is 1. The molecule has 0 aliphatic rings. The summed E-state index contributed by atoms with van der Waals surface area (Å²) in [6.07, 6.45) is 0. The van der Waals surface area contributed by atoms with E-state index >= 15 is 0 Å². The number of benzene rings is 1. The molecule has 0 fully saturated rings. The molecule has 0 aromatic heterocycles. The monoisotopic (exact) mass is 227 g/mol. The van der Waals surface area contributed by atoms with Gasteiger partial charge in [-0.15, -0.1) is 0 Å². The molecule has 0 aliphatic heterocycles. The number of anilines is 2. The van der Waals surface area contributed by atoms with Crippen LogP contribution in [0, 0.1) is 5.82 Å². The molecule has 1 aromatic carbocycles. The number of ether oxygens (including phenoxy) is 1. The Bertz CT molecular complexity index is 371. The van der Waals surface area contributed by atoms with Gasteiger partial charge in [-0.05, 0) is 12.1 Å². The molecule has 1 rings (SSSR count). The standard InChI is InChI=1S/C10H14FN3O2/c11-7-2-1-3-8(10(7)13)14-4-5-16-6-9(12)15/h1-3,14H,4-6,13H2,(H2,12,15). The molecule has 0 bridgehead atoms. The summed E-state index contributed by atoms with van der Waals surface area (Å²) in [6.45, 7) is 0.583. The van der Waals surface area contributed by atoms with Crippen LogP contribution in [0.3, 0.4) is 0 Å². The molecule has 0 radical (unpaired) electrons. The zero-order chi connectivity index (χ0) is 12.0. The van der Waals surface area contributed by atoms with Gasteiger partial charge in [0.15, 0.2) is 0 Å². The van der Waals surface area contributed by atoms with E-state index in [1.54, 1.807) is 12.1 Å². The van der Waals surface area contributed by atoms with E-state index in [0.29, 0.717) is 18.8 Å². The van der Waals surface area contributed by atoms with Crippen LogP contribution in [-0.2, 0) is 9.53 Å². The lowest BCUT2D eigenvalue weighted by molar-refractivity contribution is -0.122. The number of nitrogen functional groups attached to an aromatic ring is 1. The van der Waals surface area contributed by atoms with Crippen molar-refractivity contribution in [1.29, 1.82) is 0 Å². The van der Waals surface area contributed by atoms with Crippen molar-refractivity contribution < 1.29 is 13.9 Å². The van der Waals surface area contributed by atoms with Gasteiger partial charge in [-0.3, -0.25) is 4.79 Å². The summed E-state index contributed by atoms with van der Waals surface area (Å²) in [5.41, 5.74) is 10.9. The van der Waals surface area contributed by atoms with Crippen LogP contribution in [0.25, 0.3) is 0 Å². The van der Waals surface area contributed by atoms with Gasteiger partial charge in [0.25, 0.3) is 0 Å². The minimum absolute atomic E-state index is 0.0670. The summed E-state index contributed by atoms with van der Waals surface area (Å²) >= 11 is 0. The third-order valence-electron chi connectivity index (χ3n) is 1.86. The second-order valence-corrected chi connectivity index (χ2v) is 3.15. The van der Waals surface area contributed by atoms with Gasteiger partial charge in [0, 0.05) is 6.54 Å². The normalized spacial score (nSPS) is 10.1. The Morgan fingerprint density at radius 3 is 2.94 bits per heavy atom. The molecule has 16 heavy (non-hydrogen) atoms. The predicted octanol–water partition coefficient (Wildman–Crippen LogP) is 0.322. The van der Waals surface area contributed by atoms with Crippen molar-refractivity contribution in [3.05, 3.63) is 24.0 Å². The van der Waals surface area contributed by atoms with Gasteiger partial charge < -0.3 is 21.5 Å². The molecule has 88 valence electrons. The Labute approximate surface area is 92.6 Å². The maximum Gasteiger partial charge on any atom is 0.243 e. The zero-order valence-corrected chi connectivity index (χ0v) is 8.70. The molecule has 0 heterocycles. The van der Waals surface area contributed by atoms with Crippen LogP contribution in [0.2, 0.25) is 0 Å². The highest BCUT2D eigenvalue weighted by atomic mass is 19.1. The SMILES string of the molecule is NC(=O)COCCNc1cccc(F)c1N. The van der Waals surface area contributed by atoms with Crippen LogP contribution in [0.5, 0.6) is 0 Å². The predicted molar refractivity (Wildman–Crippen MR) is 59.3 cm³/mol. The number of primary amides is 1. The van der Waals surface area contributed by atoms with Crippen LogP contribution in [-0.4, -0.2) is 25.7 Å². The first-order valence-electron chi connectivity index (χ1n) is 4.75. The van der Waals surface area contributed by atoms with E-state index in [-0.39, 0.29) is 12.3 Å². The van der Waals surface area contributed by atoms with Gasteiger partial charge in [0.05, 0.1) is 18.0 Å². The molecule has 6 heteroatoms. The van der Waals surface area contributed by atoms with Crippen LogP contribution < -0.4 is 16.8 Å². The van der Waals surface area contributed by atoms with Gasteiger partial charge in [0.1, 0.15) is 12.4 Å². The topological polar surface area (TPSA) is 90.4 Å². The third-order valence-corrected chi connectivity index (χ3v) is 1.86. The molecule has 0 unspecified atom stereocenters. The van der Waals surface area contributed by atoms with Crippen molar-refractivity contribution in [3.63, 3.8) is 0 Å². The third kappa shape index (κ3) is 3.74. The number of carbonyl (C=O) groups is 1. The molecule has 0 aliphatic carbocycles. The van der Waals surface area contributed by atoms with E-state index in [1.165, 1.54) is 6.07 Å². The molecule has 0 saturated carbocycles. The summed E-state index contributed by atoms with van der Waals surface area (Å²) < 4.78 is 17.9. The number of hydrogen-bond donors (Lipinski definition) is 3. The fourth-order valence-electron chi connectivity index (χ4n) is 1.12. The van der Waals surface area contributed by atoms with Crippen molar-refractivity contribution in [2.24, 2.45) is 5.73 Å². The molecule has 0 spiro atoms. The highest BCUT2D eigenvalue weighted by Crippen LogP contribution is 2.20. The van der Waals surface area contributed by atoms with Crippen molar-refractivity contribution in [2.45, 2.75) is 0 Å². The number of hydrogen-bond acceptors (Lipinski definition) is 4. The summed E-state index contributed by atoms with van der Waals surface area (Å²) in [4.78, 5) is 10.3. The maximum atomic E-state index is 13.0. The average molecular weight is 227 g/mol. The van der Waals surface area contributed by atoms with E-state index in [9.17, 15) is 9.18 Å². The lowest BCUT2D eigenvalue weighted by atomic mass is 10.2. The minimum Gasteiger partial charge on any atom is -0.395 e. The highest BCUT2D eigenvalue weighted by Gasteiger charge is 2.02. The quantitative estimate of drug-likeness (QED) is 0.482. The first-order valence-corrected chi connectivity index (χ1v) is 4.75. The van der Waals surface area contributed by atoms with E-state index in [1.807, 2.05) is 0 Å². The Balaban J connectivity index is 2.32. The fourth-order valence-corrected chi connectivity index (χ4v) is 1.12. The summed E-state index contributed by atoms with van der Waals surface area (Å²) in [5.74, 6) is -0.992. The molecule has 1 amide bonds. The molecule has 5 nitrogen and oxygen atoms in total. The number of halogens is 1. The smallest absolute Gasteiger partial charge is 0.243 e. The number of rotatable bonds is 6. The van der Waals surface area contributed by atoms with E-state index in [4.69, 9.17) is 16.2 Å². The first kappa shape index (κ1) is 12.3. The van der Waals surface area contributed by atoms with E-state index in [0.717, 1.165) is 0 Å². The Morgan fingerprint density at radius 2 is 2.25 bits per heavy atom. The second-order valence-electron chi connectivity index (χ2n) is 3.15. The highest BCUT2D eigenvalue weighted by molar-refractivity contribution is 5.75. The van der Waals surface area contributed by atoms with Crippen molar-refractivity contribution in [1.82, 2.24) is 0 Å². The van der Waals surface area contributed by atoms with Crippen LogP contribution in [0.15, 0.2) is 18.2 Å². The molecular weight excluding hydrogens is 213 g/mol. The molecule has 5 N–H and O–H groups in total. The number of nitrogens with one attached hydrogen (secondary N) is 1. The van der Waals surface area contributed by atoms with Crippen LogP contribution in [0.1, 0.15) is 0 Å². The zero-order valence-electron chi connectivity index (χ0n) is 8.70. The Kier molecular flexibility index (Phi) is 4.53. The second kappa shape index (κ2) is 5.92. The van der Waals surface area contributed by atoms with Crippen molar-refractivity contribution in [3.8, 4) is 0 Å². The van der Waals surface area contributed by atoms with Gasteiger partial charge in [-0.1, -0.05) is 6.07 Å². The lowest BCUT2D eigenvalue weighted by Gasteiger charge is -2.09. The summed E-state index contributed by atoms with van der Waals surface area (Å²) in [7, 11) is 0. The van der Waals surface area contributed by atoms with Gasteiger partial charge in [-0.2, -0.15) is 0 Å². The van der Waals surface area contributed by atoms with Crippen LogP contribution in [0.4, 0.5) is 15.8 Å². The van der Waals surface area contributed by atoms with E-state index < -0.39 is 11.7 Å². The number of carbonyl (C=O) groups excluding carboxylic acids is 1. The van der Waals surface area contributed by atoms with Crippen molar-refractivity contribution >= 4 is 17.3 Å². The largest absolute Gasteiger partial charge is 0.395 e. The van der Waals surface area contributed by atoms with Crippen LogP contribution >= 0.6 is 0 Å². The van der Waals surface area contributed by atoms with Gasteiger partial charge in [0.2, 0.25) is 5.91 Å². The summed E-state index contributed by atoms with van der Waals surface area (Å²) in [5, 5.41) is 2.89. The van der Waals surface area contributed by atoms with E-state index in [2.05, 4.69) is 5.32 Å². The Hall–Kier alpha value is -1.82. The number of nitrogens with two attached hydrogens (primary N) is 2. The lowest BCUT2D eigenvalue weighted by Crippen LogP contribution is -2.20. The molecule has 0 saturated heterocycles. The summed E-state index contributed by atoms with van der Waals surface area (Å²) in [6, 6.07) is 4.49. The molecule has 1 aromatic rings. The van der Waals surface area contributed by atoms with Gasteiger partial charge >= 0.3 is 0 Å². The molecule has 0 atom stereocenters. The number of para-hydroxylation sites is 1. The molecular formula is C10H14FN3O2. The maximum absolute atomic E-state index is 13.0. The minimum atomic E-state index is -0.523. The van der Waals surface area contributed by atoms with Crippen molar-refractivity contribution in [2.75, 3.05) is 30.8 Å². The van der Waals surface area contributed by atoms with Gasteiger partial charge in [-0.25, -0.2) is 4.39 Å². The Morgan fingerprint density at radius 1 is 1.50 bits per heavy atom.